The second-order valence-electron chi connectivity index (χ2n) is 3.82. The molecule has 0 radical (unpaired) electrons. The average molecular weight is 223 g/mol. The first-order valence-corrected chi connectivity index (χ1v) is 4.77. The molecule has 1 aliphatic heterocycles. The van der Waals surface area contributed by atoms with Crippen molar-refractivity contribution in [2.45, 2.75) is 44.9 Å². The van der Waals surface area contributed by atoms with Gasteiger partial charge in [-0.05, 0) is 26.7 Å². The number of ether oxygens (including phenoxy) is 1. The zero-order chi connectivity index (χ0) is 9.84. The van der Waals surface area contributed by atoms with Crippen molar-refractivity contribution >= 4 is 18.3 Å². The summed E-state index contributed by atoms with van der Waals surface area (Å²) >= 11 is 0. The molecule has 84 valence electrons. The third kappa shape index (κ3) is 4.26. The van der Waals surface area contributed by atoms with Gasteiger partial charge in [-0.2, -0.15) is 0 Å². The quantitative estimate of drug-likeness (QED) is 0.713. The zero-order valence-corrected chi connectivity index (χ0v) is 9.47. The van der Waals surface area contributed by atoms with E-state index in [9.17, 15) is 4.79 Å². The molecule has 5 heteroatoms. The number of rotatable bonds is 2. The standard InChI is InChI=1S/C9H18N2O2.ClH/c1-6(2)11-9(12)8-4-3-7(10)5-13-8;/h6-8H,3-5,10H2,1-2H3,(H,11,12);1H/t7-,8+;/m1./s1. The fourth-order valence-electron chi connectivity index (χ4n) is 1.36. The molecule has 0 spiro atoms. The third-order valence-corrected chi connectivity index (χ3v) is 2.03. The van der Waals surface area contributed by atoms with E-state index in [0.717, 1.165) is 12.8 Å². The molecule has 1 saturated heterocycles. The Balaban J connectivity index is 0.00000169. The lowest BCUT2D eigenvalue weighted by atomic mass is 10.1. The molecule has 14 heavy (non-hydrogen) atoms. The lowest BCUT2D eigenvalue weighted by Gasteiger charge is -2.26. The summed E-state index contributed by atoms with van der Waals surface area (Å²) in [6.45, 7) is 4.37. The first kappa shape index (κ1) is 13.7. The van der Waals surface area contributed by atoms with Gasteiger partial charge in [0.05, 0.1) is 6.61 Å². The van der Waals surface area contributed by atoms with Gasteiger partial charge in [0.25, 0.3) is 0 Å². The van der Waals surface area contributed by atoms with Crippen LogP contribution in [0.25, 0.3) is 0 Å². The van der Waals surface area contributed by atoms with Crippen molar-refractivity contribution in [1.29, 1.82) is 0 Å². The Morgan fingerprint density at radius 2 is 2.14 bits per heavy atom. The van der Waals surface area contributed by atoms with Crippen LogP contribution in [0.2, 0.25) is 0 Å². The number of nitrogens with one attached hydrogen (secondary N) is 1. The van der Waals surface area contributed by atoms with Crippen LogP contribution in [0.5, 0.6) is 0 Å². The fraction of sp³-hybridized carbons (Fsp3) is 0.889. The van der Waals surface area contributed by atoms with E-state index in [2.05, 4.69) is 5.32 Å². The molecule has 1 aliphatic rings. The number of amides is 1. The van der Waals surface area contributed by atoms with E-state index in [-0.39, 0.29) is 36.5 Å². The summed E-state index contributed by atoms with van der Waals surface area (Å²) < 4.78 is 5.32. The highest BCUT2D eigenvalue weighted by atomic mass is 35.5. The molecular formula is C9H19ClN2O2. The molecule has 0 unspecified atom stereocenters. The maximum absolute atomic E-state index is 11.4. The van der Waals surface area contributed by atoms with Gasteiger partial charge in [-0.15, -0.1) is 12.4 Å². The summed E-state index contributed by atoms with van der Waals surface area (Å²) in [7, 11) is 0. The molecule has 2 atom stereocenters. The summed E-state index contributed by atoms with van der Waals surface area (Å²) in [6, 6.07) is 0.273. The van der Waals surface area contributed by atoms with E-state index in [0.29, 0.717) is 6.61 Å². The average Bonchev–Trinajstić information content (AvgIpc) is 2.04. The van der Waals surface area contributed by atoms with Crippen molar-refractivity contribution in [2.24, 2.45) is 5.73 Å². The fourth-order valence-corrected chi connectivity index (χ4v) is 1.36. The van der Waals surface area contributed by atoms with E-state index < -0.39 is 0 Å². The minimum absolute atomic E-state index is 0. The molecule has 0 aliphatic carbocycles. The third-order valence-electron chi connectivity index (χ3n) is 2.03. The molecule has 1 rings (SSSR count). The molecule has 4 nitrogen and oxygen atoms in total. The van der Waals surface area contributed by atoms with Crippen molar-refractivity contribution < 1.29 is 9.53 Å². The predicted octanol–water partition coefficient (Wildman–Crippen LogP) is 0.439. The monoisotopic (exact) mass is 222 g/mol. The van der Waals surface area contributed by atoms with Crippen molar-refractivity contribution in [2.75, 3.05) is 6.61 Å². The Kier molecular flexibility index (Phi) is 6.08. The van der Waals surface area contributed by atoms with Crippen LogP contribution in [0.15, 0.2) is 0 Å². The molecular weight excluding hydrogens is 204 g/mol. The summed E-state index contributed by atoms with van der Waals surface area (Å²) in [4.78, 5) is 11.4. The second-order valence-corrected chi connectivity index (χ2v) is 3.82. The smallest absolute Gasteiger partial charge is 0.249 e. The molecule has 0 aromatic heterocycles. The van der Waals surface area contributed by atoms with Crippen LogP contribution in [-0.2, 0) is 9.53 Å². The van der Waals surface area contributed by atoms with Gasteiger partial charge in [-0.25, -0.2) is 0 Å². The maximum atomic E-state index is 11.4. The minimum atomic E-state index is -0.290. The maximum Gasteiger partial charge on any atom is 0.249 e. The van der Waals surface area contributed by atoms with Gasteiger partial charge in [-0.3, -0.25) is 4.79 Å². The SMILES string of the molecule is CC(C)NC(=O)[C@@H]1CC[C@@H](N)CO1.Cl. The molecule has 1 amide bonds. The Labute approximate surface area is 91.0 Å². The lowest BCUT2D eigenvalue weighted by Crippen LogP contribution is -2.45. The summed E-state index contributed by atoms with van der Waals surface area (Å²) in [5.41, 5.74) is 5.64. The van der Waals surface area contributed by atoms with Crippen LogP contribution >= 0.6 is 12.4 Å². The zero-order valence-electron chi connectivity index (χ0n) is 8.66. The Hall–Kier alpha value is -0.320. The van der Waals surface area contributed by atoms with Gasteiger partial charge >= 0.3 is 0 Å². The highest BCUT2D eigenvalue weighted by molar-refractivity contribution is 5.85. The Bertz CT molecular complexity index is 180. The summed E-state index contributed by atoms with van der Waals surface area (Å²) in [6.07, 6.45) is 1.32. The van der Waals surface area contributed by atoms with Crippen LogP contribution in [0.4, 0.5) is 0 Å². The Morgan fingerprint density at radius 1 is 1.50 bits per heavy atom. The molecule has 3 N–H and O–H groups in total. The molecule has 1 heterocycles. The Morgan fingerprint density at radius 3 is 2.57 bits per heavy atom. The molecule has 0 saturated carbocycles. The van der Waals surface area contributed by atoms with Crippen molar-refractivity contribution in [3.8, 4) is 0 Å². The normalized spacial score (nSPS) is 26.9. The molecule has 0 aromatic carbocycles. The summed E-state index contributed by atoms with van der Waals surface area (Å²) in [5.74, 6) is -0.0121. The van der Waals surface area contributed by atoms with Gasteiger partial charge in [0.15, 0.2) is 0 Å². The minimum Gasteiger partial charge on any atom is -0.367 e. The van der Waals surface area contributed by atoms with Crippen LogP contribution in [0.1, 0.15) is 26.7 Å². The van der Waals surface area contributed by atoms with Crippen molar-refractivity contribution in [3.05, 3.63) is 0 Å². The molecule has 0 bridgehead atoms. The van der Waals surface area contributed by atoms with E-state index >= 15 is 0 Å². The van der Waals surface area contributed by atoms with Gasteiger partial charge in [-0.1, -0.05) is 0 Å². The van der Waals surface area contributed by atoms with Crippen LogP contribution in [-0.4, -0.2) is 30.7 Å². The van der Waals surface area contributed by atoms with Crippen LogP contribution in [0, 0.1) is 0 Å². The van der Waals surface area contributed by atoms with Gasteiger partial charge in [0.2, 0.25) is 5.91 Å². The molecule has 0 aromatic rings. The van der Waals surface area contributed by atoms with Crippen LogP contribution in [0.3, 0.4) is 0 Å². The van der Waals surface area contributed by atoms with E-state index in [1.807, 2.05) is 13.8 Å². The first-order chi connectivity index (χ1) is 6.09. The van der Waals surface area contributed by atoms with E-state index in [1.165, 1.54) is 0 Å². The van der Waals surface area contributed by atoms with Gasteiger partial charge < -0.3 is 15.8 Å². The number of nitrogens with two attached hydrogens (primary N) is 1. The number of halogens is 1. The van der Waals surface area contributed by atoms with E-state index in [1.54, 1.807) is 0 Å². The number of hydrogen-bond donors (Lipinski definition) is 2. The number of carbonyl (C=O) groups excluding carboxylic acids is 1. The first-order valence-electron chi connectivity index (χ1n) is 4.77. The van der Waals surface area contributed by atoms with Crippen LogP contribution < -0.4 is 11.1 Å². The number of carbonyl (C=O) groups is 1. The van der Waals surface area contributed by atoms with E-state index in [4.69, 9.17) is 10.5 Å². The highest BCUT2D eigenvalue weighted by Gasteiger charge is 2.25. The summed E-state index contributed by atoms with van der Waals surface area (Å²) in [5, 5.41) is 2.82. The van der Waals surface area contributed by atoms with Gasteiger partial charge in [0.1, 0.15) is 6.10 Å². The topological polar surface area (TPSA) is 64.4 Å². The number of hydrogen-bond acceptors (Lipinski definition) is 3. The highest BCUT2D eigenvalue weighted by Crippen LogP contribution is 2.12. The predicted molar refractivity (Wildman–Crippen MR) is 57.5 cm³/mol. The van der Waals surface area contributed by atoms with Gasteiger partial charge in [0, 0.05) is 12.1 Å². The largest absolute Gasteiger partial charge is 0.367 e. The van der Waals surface area contributed by atoms with Crippen molar-refractivity contribution in [3.63, 3.8) is 0 Å². The lowest BCUT2D eigenvalue weighted by molar-refractivity contribution is -0.136. The second kappa shape index (κ2) is 6.22. The molecule has 1 fully saturated rings. The van der Waals surface area contributed by atoms with Crippen molar-refractivity contribution in [1.82, 2.24) is 5.32 Å².